The maximum Gasteiger partial charge on any atom is 0.0817 e. The van der Waals surface area contributed by atoms with Gasteiger partial charge in [0.15, 0.2) is 0 Å². The molecule has 8 heteroatoms. The number of rotatable bonds is 7. The van der Waals surface area contributed by atoms with Crippen LogP contribution in [0.5, 0.6) is 0 Å². The average Bonchev–Trinajstić information content (AvgIpc) is 2.83. The van der Waals surface area contributed by atoms with Crippen molar-refractivity contribution in [2.24, 2.45) is 9.98 Å². The Morgan fingerprint density at radius 1 is 0.529 bits per heavy atom. The zero-order valence-electron chi connectivity index (χ0n) is 17.5. The Morgan fingerprint density at radius 2 is 0.941 bits per heavy atom. The molecule has 170 valence electrons. The SMILES string of the molecule is Clc1ccc(N=Cc2ccccc2SSc2ccccc2C=Nc2ccc(Cl)cc2Cl)c(Cl)c1. The maximum absolute atomic E-state index is 6.25. The topological polar surface area (TPSA) is 24.7 Å². The molecule has 0 aliphatic carbocycles. The van der Waals surface area contributed by atoms with Crippen LogP contribution in [0.15, 0.2) is 105 Å². The Kier molecular flexibility index (Phi) is 9.01. The Balaban J connectivity index is 1.51. The highest BCUT2D eigenvalue weighted by Crippen LogP contribution is 2.40. The van der Waals surface area contributed by atoms with Crippen molar-refractivity contribution in [2.45, 2.75) is 9.79 Å². The van der Waals surface area contributed by atoms with E-state index in [2.05, 4.69) is 22.1 Å². The molecule has 0 saturated carbocycles. The molecule has 0 radical (unpaired) electrons. The quantitative estimate of drug-likeness (QED) is 0.165. The molecule has 0 aliphatic rings. The van der Waals surface area contributed by atoms with E-state index in [1.807, 2.05) is 48.8 Å². The van der Waals surface area contributed by atoms with Crippen LogP contribution in [-0.4, -0.2) is 12.4 Å². The van der Waals surface area contributed by atoms with Crippen LogP contribution in [0.3, 0.4) is 0 Å². The summed E-state index contributed by atoms with van der Waals surface area (Å²) in [6.45, 7) is 0. The molecule has 0 saturated heterocycles. The van der Waals surface area contributed by atoms with Crippen LogP contribution in [0.4, 0.5) is 11.4 Å². The highest BCUT2D eigenvalue weighted by Gasteiger charge is 2.07. The maximum atomic E-state index is 6.25. The van der Waals surface area contributed by atoms with Gasteiger partial charge in [-0.2, -0.15) is 0 Å². The largest absolute Gasteiger partial charge is 0.255 e. The van der Waals surface area contributed by atoms with E-state index in [-0.39, 0.29) is 0 Å². The monoisotopic (exact) mass is 560 g/mol. The fourth-order valence-corrected chi connectivity index (χ4v) is 6.11. The molecule has 0 amide bonds. The molecule has 4 aromatic carbocycles. The predicted molar refractivity (Wildman–Crippen MR) is 152 cm³/mol. The summed E-state index contributed by atoms with van der Waals surface area (Å²) in [6, 6.07) is 26.6. The highest BCUT2D eigenvalue weighted by atomic mass is 35.5. The molecule has 4 aromatic rings. The van der Waals surface area contributed by atoms with E-state index in [0.29, 0.717) is 31.5 Å². The van der Waals surface area contributed by atoms with Crippen molar-refractivity contribution in [1.29, 1.82) is 0 Å². The van der Waals surface area contributed by atoms with Crippen LogP contribution in [0.1, 0.15) is 11.1 Å². The number of benzene rings is 4. The first kappa shape index (κ1) is 25.2. The molecule has 0 atom stereocenters. The second kappa shape index (κ2) is 12.2. The fraction of sp³-hybridized carbons (Fsp3) is 0. The lowest BCUT2D eigenvalue weighted by Crippen LogP contribution is -1.86. The number of hydrogen-bond acceptors (Lipinski definition) is 4. The summed E-state index contributed by atoms with van der Waals surface area (Å²) < 4.78 is 0. The molecule has 0 unspecified atom stereocenters. The summed E-state index contributed by atoms with van der Waals surface area (Å²) in [5, 5.41) is 2.18. The van der Waals surface area contributed by atoms with Crippen molar-refractivity contribution in [3.63, 3.8) is 0 Å². The van der Waals surface area contributed by atoms with Gasteiger partial charge in [-0.25, -0.2) is 0 Å². The first-order valence-electron chi connectivity index (χ1n) is 10.0. The third kappa shape index (κ3) is 6.82. The Labute approximate surface area is 226 Å². The lowest BCUT2D eigenvalue weighted by molar-refractivity contribution is 1.42. The van der Waals surface area contributed by atoms with Crippen LogP contribution in [0, 0.1) is 0 Å². The van der Waals surface area contributed by atoms with Gasteiger partial charge in [-0.15, -0.1) is 0 Å². The Hall–Kier alpha value is -1.92. The van der Waals surface area contributed by atoms with Gasteiger partial charge in [0, 0.05) is 43.4 Å². The molecule has 34 heavy (non-hydrogen) atoms. The molecule has 0 N–H and O–H groups in total. The molecule has 0 bridgehead atoms. The van der Waals surface area contributed by atoms with Crippen LogP contribution in [-0.2, 0) is 0 Å². The molecule has 2 nitrogen and oxygen atoms in total. The van der Waals surface area contributed by atoms with Gasteiger partial charge in [-0.1, -0.05) is 104 Å². The molecule has 0 spiro atoms. The average molecular weight is 562 g/mol. The smallest absolute Gasteiger partial charge is 0.0817 e. The van der Waals surface area contributed by atoms with Gasteiger partial charge < -0.3 is 0 Å². The van der Waals surface area contributed by atoms with Crippen LogP contribution in [0.25, 0.3) is 0 Å². The predicted octanol–water partition coefficient (Wildman–Crippen LogP) is 10.6. The first-order valence-corrected chi connectivity index (χ1v) is 13.7. The second-order valence-electron chi connectivity index (χ2n) is 6.95. The van der Waals surface area contributed by atoms with Crippen molar-refractivity contribution in [3.8, 4) is 0 Å². The minimum atomic E-state index is 0.511. The fourth-order valence-electron chi connectivity index (χ4n) is 2.87. The third-order valence-corrected chi connectivity index (χ3v) is 8.15. The van der Waals surface area contributed by atoms with Crippen molar-refractivity contribution in [2.75, 3.05) is 0 Å². The van der Waals surface area contributed by atoms with E-state index >= 15 is 0 Å². The molecule has 0 aromatic heterocycles. The number of nitrogens with zero attached hydrogens (tertiary/aromatic N) is 2. The van der Waals surface area contributed by atoms with E-state index in [4.69, 9.17) is 46.4 Å². The van der Waals surface area contributed by atoms with Crippen LogP contribution >= 0.6 is 68.0 Å². The van der Waals surface area contributed by atoms with E-state index in [9.17, 15) is 0 Å². The molecular formula is C26H16Cl4N2S2. The van der Waals surface area contributed by atoms with Crippen molar-refractivity contribution in [1.82, 2.24) is 0 Å². The zero-order chi connectivity index (χ0) is 23.9. The Bertz CT molecular complexity index is 1270. The number of halogens is 4. The number of hydrogen-bond donors (Lipinski definition) is 0. The molecule has 0 fully saturated rings. The molecule has 4 rings (SSSR count). The van der Waals surface area contributed by atoms with Gasteiger partial charge in [0.05, 0.1) is 21.4 Å². The molecule has 0 aliphatic heterocycles. The summed E-state index contributed by atoms with van der Waals surface area (Å²) in [5.41, 5.74) is 3.32. The minimum absolute atomic E-state index is 0.511. The van der Waals surface area contributed by atoms with Crippen molar-refractivity contribution < 1.29 is 0 Å². The van der Waals surface area contributed by atoms with Gasteiger partial charge in [0.25, 0.3) is 0 Å². The number of aliphatic imine (C=N–C) groups is 2. The second-order valence-corrected chi connectivity index (χ2v) is 10.9. The lowest BCUT2D eigenvalue weighted by atomic mass is 10.2. The lowest BCUT2D eigenvalue weighted by Gasteiger charge is -2.07. The van der Waals surface area contributed by atoms with Crippen molar-refractivity contribution in [3.05, 3.63) is 116 Å². The minimum Gasteiger partial charge on any atom is -0.255 e. The van der Waals surface area contributed by atoms with Gasteiger partial charge in [0.2, 0.25) is 0 Å². The van der Waals surface area contributed by atoms with Gasteiger partial charge >= 0.3 is 0 Å². The first-order chi connectivity index (χ1) is 16.5. The van der Waals surface area contributed by atoms with E-state index < -0.39 is 0 Å². The van der Waals surface area contributed by atoms with Crippen LogP contribution in [0.2, 0.25) is 20.1 Å². The molecule has 0 heterocycles. The van der Waals surface area contributed by atoms with E-state index in [1.165, 1.54) is 0 Å². The standard InChI is InChI=1S/C26H16Cl4N2S2/c27-19-9-11-23(21(29)13-19)31-15-17-5-1-3-7-25(17)33-34-26-8-4-2-6-18(26)16-32-24-12-10-20(28)14-22(24)30/h1-16H. The summed E-state index contributed by atoms with van der Waals surface area (Å²) in [4.78, 5) is 11.2. The van der Waals surface area contributed by atoms with Gasteiger partial charge in [-0.05, 0) is 48.5 Å². The van der Waals surface area contributed by atoms with Crippen molar-refractivity contribution >= 4 is 91.8 Å². The summed E-state index contributed by atoms with van der Waals surface area (Å²) in [6.07, 6.45) is 3.63. The van der Waals surface area contributed by atoms with Gasteiger partial charge in [-0.3, -0.25) is 9.98 Å². The van der Waals surface area contributed by atoms with E-state index in [0.717, 1.165) is 20.9 Å². The van der Waals surface area contributed by atoms with E-state index in [1.54, 1.807) is 58.0 Å². The highest BCUT2D eigenvalue weighted by molar-refractivity contribution is 8.76. The third-order valence-electron chi connectivity index (χ3n) is 4.56. The van der Waals surface area contributed by atoms with Crippen LogP contribution < -0.4 is 0 Å². The summed E-state index contributed by atoms with van der Waals surface area (Å²) in [7, 11) is 3.30. The van der Waals surface area contributed by atoms with Gasteiger partial charge in [0.1, 0.15) is 0 Å². The zero-order valence-corrected chi connectivity index (χ0v) is 22.1. The summed E-state index contributed by atoms with van der Waals surface area (Å²) >= 11 is 24.5. The molecular weight excluding hydrogens is 546 g/mol. The summed E-state index contributed by atoms with van der Waals surface area (Å²) in [5.74, 6) is 0. The Morgan fingerprint density at radius 3 is 1.35 bits per heavy atom. The normalized spacial score (nSPS) is 11.5.